The number of hydrogen-bond donors (Lipinski definition) is 1. The molecule has 1 aliphatic rings. The summed E-state index contributed by atoms with van der Waals surface area (Å²) in [7, 11) is 0. The summed E-state index contributed by atoms with van der Waals surface area (Å²) in [5, 5.41) is 2.82. The lowest BCUT2D eigenvalue weighted by Gasteiger charge is -2.23. The second kappa shape index (κ2) is 7.78. The summed E-state index contributed by atoms with van der Waals surface area (Å²) in [5.74, 6) is -0.0993. The van der Waals surface area contributed by atoms with Crippen LogP contribution in [0.4, 0.5) is 5.69 Å². The SMILES string of the molecule is CC(=O)N(CCC(=O)Nc1ccccc1)CC1CCCO1. The van der Waals surface area contributed by atoms with Crippen LogP contribution in [0.25, 0.3) is 0 Å². The fourth-order valence-corrected chi connectivity index (χ4v) is 2.39. The monoisotopic (exact) mass is 290 g/mol. The molecule has 0 saturated carbocycles. The molecule has 1 N–H and O–H groups in total. The highest BCUT2D eigenvalue weighted by Gasteiger charge is 2.21. The van der Waals surface area contributed by atoms with Gasteiger partial charge in [0.05, 0.1) is 6.10 Å². The number of benzene rings is 1. The zero-order chi connectivity index (χ0) is 15.1. The van der Waals surface area contributed by atoms with E-state index >= 15 is 0 Å². The molecule has 1 aromatic rings. The van der Waals surface area contributed by atoms with Gasteiger partial charge in [0.1, 0.15) is 0 Å². The van der Waals surface area contributed by atoms with Gasteiger partial charge in [0, 0.05) is 38.7 Å². The lowest BCUT2D eigenvalue weighted by atomic mass is 10.2. The molecular formula is C16H22N2O3. The van der Waals surface area contributed by atoms with Gasteiger partial charge in [-0.3, -0.25) is 9.59 Å². The van der Waals surface area contributed by atoms with Gasteiger partial charge in [-0.05, 0) is 25.0 Å². The van der Waals surface area contributed by atoms with E-state index in [4.69, 9.17) is 4.74 Å². The fraction of sp³-hybridized carbons (Fsp3) is 0.500. The van der Waals surface area contributed by atoms with Gasteiger partial charge in [-0.15, -0.1) is 0 Å². The first-order valence-corrected chi connectivity index (χ1v) is 7.37. The second-order valence-corrected chi connectivity index (χ2v) is 5.26. The summed E-state index contributed by atoms with van der Waals surface area (Å²) in [4.78, 5) is 25.2. The number of hydrogen-bond acceptors (Lipinski definition) is 3. The first-order chi connectivity index (χ1) is 10.1. The van der Waals surface area contributed by atoms with Gasteiger partial charge in [-0.2, -0.15) is 0 Å². The number of nitrogens with one attached hydrogen (secondary N) is 1. The van der Waals surface area contributed by atoms with Gasteiger partial charge in [0.15, 0.2) is 0 Å². The van der Waals surface area contributed by atoms with Gasteiger partial charge in [0.25, 0.3) is 0 Å². The predicted octanol–water partition coefficient (Wildman–Crippen LogP) is 2.04. The Morgan fingerprint density at radius 2 is 2.10 bits per heavy atom. The largest absolute Gasteiger partial charge is 0.376 e. The summed E-state index contributed by atoms with van der Waals surface area (Å²) in [6, 6.07) is 9.32. The Morgan fingerprint density at radius 1 is 1.33 bits per heavy atom. The average Bonchev–Trinajstić information content (AvgIpc) is 2.97. The number of para-hydroxylation sites is 1. The van der Waals surface area contributed by atoms with Crippen LogP contribution in [0.3, 0.4) is 0 Å². The van der Waals surface area contributed by atoms with Gasteiger partial charge in [-0.1, -0.05) is 18.2 Å². The molecule has 0 aliphatic carbocycles. The summed E-state index contributed by atoms with van der Waals surface area (Å²) in [6.45, 7) is 3.30. The Kier molecular flexibility index (Phi) is 5.75. The smallest absolute Gasteiger partial charge is 0.226 e. The molecule has 1 unspecified atom stereocenters. The highest BCUT2D eigenvalue weighted by atomic mass is 16.5. The Hall–Kier alpha value is -1.88. The first-order valence-electron chi connectivity index (χ1n) is 7.37. The lowest BCUT2D eigenvalue weighted by molar-refractivity contribution is -0.130. The van der Waals surface area contributed by atoms with E-state index in [9.17, 15) is 9.59 Å². The molecule has 1 fully saturated rings. The third-order valence-corrected chi connectivity index (χ3v) is 3.56. The Labute approximate surface area is 125 Å². The van der Waals surface area contributed by atoms with Crippen LogP contribution >= 0.6 is 0 Å². The molecule has 5 heteroatoms. The normalized spacial score (nSPS) is 17.5. The van der Waals surface area contributed by atoms with E-state index in [1.54, 1.807) is 4.90 Å². The molecule has 1 saturated heterocycles. The maximum absolute atomic E-state index is 11.9. The van der Waals surface area contributed by atoms with E-state index in [-0.39, 0.29) is 17.9 Å². The molecule has 1 heterocycles. The van der Waals surface area contributed by atoms with Crippen LogP contribution in [-0.4, -0.2) is 42.5 Å². The van der Waals surface area contributed by atoms with Gasteiger partial charge in [0.2, 0.25) is 11.8 Å². The average molecular weight is 290 g/mol. The molecule has 0 bridgehead atoms. The fourth-order valence-electron chi connectivity index (χ4n) is 2.39. The topological polar surface area (TPSA) is 58.6 Å². The molecule has 2 amide bonds. The minimum atomic E-state index is -0.0835. The highest BCUT2D eigenvalue weighted by Crippen LogP contribution is 2.14. The van der Waals surface area contributed by atoms with E-state index < -0.39 is 0 Å². The van der Waals surface area contributed by atoms with Crippen molar-refractivity contribution < 1.29 is 14.3 Å². The standard InChI is InChI=1S/C16H22N2O3/c1-13(19)18(12-15-8-5-11-21-15)10-9-16(20)17-14-6-3-2-4-7-14/h2-4,6-7,15H,5,8-12H2,1H3,(H,17,20). The van der Waals surface area contributed by atoms with Crippen LogP contribution in [-0.2, 0) is 14.3 Å². The molecule has 114 valence electrons. The van der Waals surface area contributed by atoms with Gasteiger partial charge < -0.3 is 15.0 Å². The second-order valence-electron chi connectivity index (χ2n) is 5.26. The number of carbonyl (C=O) groups excluding carboxylic acids is 2. The van der Waals surface area contributed by atoms with Crippen LogP contribution < -0.4 is 5.32 Å². The van der Waals surface area contributed by atoms with Crippen molar-refractivity contribution in [2.45, 2.75) is 32.3 Å². The zero-order valence-corrected chi connectivity index (χ0v) is 12.4. The third kappa shape index (κ3) is 5.19. The molecule has 1 aromatic carbocycles. The molecule has 0 radical (unpaired) electrons. The number of anilines is 1. The van der Waals surface area contributed by atoms with Crippen molar-refractivity contribution in [1.82, 2.24) is 4.90 Å². The van der Waals surface area contributed by atoms with E-state index in [1.165, 1.54) is 6.92 Å². The molecule has 1 atom stereocenters. The molecule has 0 aromatic heterocycles. The molecule has 1 aliphatic heterocycles. The summed E-state index contributed by atoms with van der Waals surface area (Å²) >= 11 is 0. The maximum atomic E-state index is 11.9. The molecule has 5 nitrogen and oxygen atoms in total. The van der Waals surface area contributed by atoms with Crippen LogP contribution in [0.15, 0.2) is 30.3 Å². The number of amides is 2. The van der Waals surface area contributed by atoms with Crippen LogP contribution in [0, 0.1) is 0 Å². The Balaban J connectivity index is 1.78. The number of rotatable bonds is 6. The molecule has 0 spiro atoms. The van der Waals surface area contributed by atoms with Crippen molar-refractivity contribution >= 4 is 17.5 Å². The Bertz CT molecular complexity index is 470. The summed E-state index contributed by atoms with van der Waals surface area (Å²) in [5.41, 5.74) is 0.774. The van der Waals surface area contributed by atoms with E-state index in [2.05, 4.69) is 5.32 Å². The molecular weight excluding hydrogens is 268 g/mol. The van der Waals surface area contributed by atoms with Crippen LogP contribution in [0.1, 0.15) is 26.2 Å². The van der Waals surface area contributed by atoms with Crippen molar-refractivity contribution in [3.05, 3.63) is 30.3 Å². The van der Waals surface area contributed by atoms with Crippen molar-refractivity contribution in [3.63, 3.8) is 0 Å². The minimum Gasteiger partial charge on any atom is -0.376 e. The van der Waals surface area contributed by atoms with Gasteiger partial charge in [-0.25, -0.2) is 0 Å². The van der Waals surface area contributed by atoms with Crippen molar-refractivity contribution in [2.24, 2.45) is 0 Å². The van der Waals surface area contributed by atoms with E-state index in [0.717, 1.165) is 25.1 Å². The number of nitrogens with zero attached hydrogens (tertiary/aromatic N) is 1. The number of carbonyl (C=O) groups is 2. The maximum Gasteiger partial charge on any atom is 0.226 e. The summed E-state index contributed by atoms with van der Waals surface area (Å²) in [6.07, 6.45) is 2.44. The minimum absolute atomic E-state index is 0.0157. The lowest BCUT2D eigenvalue weighted by Crippen LogP contribution is -2.37. The van der Waals surface area contributed by atoms with Crippen molar-refractivity contribution in [3.8, 4) is 0 Å². The van der Waals surface area contributed by atoms with Crippen molar-refractivity contribution in [2.75, 3.05) is 25.0 Å². The Morgan fingerprint density at radius 3 is 2.71 bits per heavy atom. The predicted molar refractivity (Wildman–Crippen MR) is 80.9 cm³/mol. The molecule has 2 rings (SSSR count). The zero-order valence-electron chi connectivity index (χ0n) is 12.4. The van der Waals surface area contributed by atoms with E-state index in [0.29, 0.717) is 19.5 Å². The van der Waals surface area contributed by atoms with E-state index in [1.807, 2.05) is 30.3 Å². The molecule has 21 heavy (non-hydrogen) atoms. The van der Waals surface area contributed by atoms with Crippen LogP contribution in [0.2, 0.25) is 0 Å². The van der Waals surface area contributed by atoms with Gasteiger partial charge >= 0.3 is 0 Å². The first kappa shape index (κ1) is 15.5. The highest BCUT2D eigenvalue weighted by molar-refractivity contribution is 5.91. The van der Waals surface area contributed by atoms with Crippen molar-refractivity contribution in [1.29, 1.82) is 0 Å². The quantitative estimate of drug-likeness (QED) is 0.872. The number of ether oxygens (including phenoxy) is 1. The third-order valence-electron chi connectivity index (χ3n) is 3.56. The van der Waals surface area contributed by atoms with Crippen LogP contribution in [0.5, 0.6) is 0 Å². The summed E-state index contributed by atoms with van der Waals surface area (Å²) < 4.78 is 5.54.